The van der Waals surface area contributed by atoms with E-state index >= 15 is 0 Å². The molecule has 0 bridgehead atoms. The Hall–Kier alpha value is -3.34. The van der Waals surface area contributed by atoms with E-state index in [9.17, 15) is 9.46 Å². The standard InChI is InChI=1S/C22H24N5O6P/c1-31-34(29,30)32-15-26-8-2-3-20(22(26)23)21-10-19(25-33-21)9-16-4-6-17(7-5-16)12-27-13-18(14-28)11-24-27/h2-8,10-11,13,23,28H,9,12,14-15H2,1H3,(H,29,30)/p+1. The maximum atomic E-state index is 11.5. The van der Waals surface area contributed by atoms with Crippen LogP contribution in [0.15, 0.2) is 65.6 Å². The monoisotopic (exact) mass is 486 g/mol. The first-order valence-electron chi connectivity index (χ1n) is 10.3. The Balaban J connectivity index is 1.42. The number of nitrogen functional groups attached to an aromatic ring is 1. The van der Waals surface area contributed by atoms with Gasteiger partial charge in [0, 0.05) is 31.4 Å². The molecule has 12 heteroatoms. The third-order valence-electron chi connectivity index (χ3n) is 5.15. The van der Waals surface area contributed by atoms with Crippen LogP contribution in [0.5, 0.6) is 0 Å². The molecule has 4 aromatic rings. The zero-order chi connectivity index (χ0) is 24.1. The molecule has 0 amide bonds. The van der Waals surface area contributed by atoms with Crippen molar-refractivity contribution in [2.75, 3.05) is 12.8 Å². The maximum absolute atomic E-state index is 11.5. The normalized spacial score (nSPS) is 13.1. The summed E-state index contributed by atoms with van der Waals surface area (Å²) in [7, 11) is -3.05. The van der Waals surface area contributed by atoms with E-state index in [2.05, 4.69) is 14.8 Å². The lowest BCUT2D eigenvalue weighted by molar-refractivity contribution is -0.711. The van der Waals surface area contributed by atoms with Gasteiger partial charge in [-0.2, -0.15) is 5.10 Å². The molecular formula is C22H25N5O6P+. The van der Waals surface area contributed by atoms with Gasteiger partial charge in [-0.1, -0.05) is 29.4 Å². The number of phosphoric acid groups is 1. The highest BCUT2D eigenvalue weighted by Gasteiger charge is 2.22. The minimum Gasteiger partial charge on any atom is -0.392 e. The van der Waals surface area contributed by atoms with Gasteiger partial charge in [0.15, 0.2) is 5.76 Å². The minimum absolute atomic E-state index is 0.0282. The molecule has 11 nitrogen and oxygen atoms in total. The Morgan fingerprint density at radius 2 is 1.97 bits per heavy atom. The molecule has 0 saturated carbocycles. The molecule has 0 spiro atoms. The van der Waals surface area contributed by atoms with E-state index in [4.69, 9.17) is 19.9 Å². The van der Waals surface area contributed by atoms with Crippen molar-refractivity contribution < 1.29 is 32.7 Å². The fourth-order valence-corrected chi connectivity index (χ4v) is 3.70. The van der Waals surface area contributed by atoms with Gasteiger partial charge in [0.1, 0.15) is 5.56 Å². The number of rotatable bonds is 10. The quantitative estimate of drug-likeness (QED) is 0.227. The molecule has 0 aliphatic heterocycles. The third-order valence-corrected chi connectivity index (χ3v) is 6.05. The number of benzene rings is 1. The smallest absolute Gasteiger partial charge is 0.392 e. The molecule has 1 unspecified atom stereocenters. The summed E-state index contributed by atoms with van der Waals surface area (Å²) in [6.45, 7) is 0.315. The molecule has 0 aliphatic carbocycles. The average Bonchev–Trinajstić information content (AvgIpc) is 3.49. The van der Waals surface area contributed by atoms with Crippen LogP contribution in [0.2, 0.25) is 0 Å². The summed E-state index contributed by atoms with van der Waals surface area (Å²) in [4.78, 5) is 9.42. The fraction of sp³-hybridized carbons (Fsp3) is 0.227. The largest absolute Gasteiger partial charge is 0.475 e. The highest BCUT2D eigenvalue weighted by molar-refractivity contribution is 7.47. The summed E-state index contributed by atoms with van der Waals surface area (Å²) in [6.07, 6.45) is 5.64. The zero-order valence-electron chi connectivity index (χ0n) is 18.4. The molecule has 1 aromatic carbocycles. The van der Waals surface area contributed by atoms with Gasteiger partial charge in [-0.05, 0) is 23.3 Å². The molecule has 0 saturated heterocycles. The lowest BCUT2D eigenvalue weighted by Crippen LogP contribution is -2.38. The van der Waals surface area contributed by atoms with E-state index in [1.807, 2.05) is 30.5 Å². The Kier molecular flexibility index (Phi) is 7.20. The van der Waals surface area contributed by atoms with Crippen molar-refractivity contribution in [3.05, 3.63) is 83.4 Å². The van der Waals surface area contributed by atoms with Crippen molar-refractivity contribution in [1.29, 1.82) is 0 Å². The first-order chi connectivity index (χ1) is 16.4. The lowest BCUT2D eigenvalue weighted by Gasteiger charge is -2.09. The summed E-state index contributed by atoms with van der Waals surface area (Å²) < 4.78 is 29.6. The van der Waals surface area contributed by atoms with E-state index in [0.29, 0.717) is 24.3 Å². The van der Waals surface area contributed by atoms with Gasteiger partial charge in [-0.25, -0.2) is 13.7 Å². The molecule has 3 aromatic heterocycles. The van der Waals surface area contributed by atoms with Crippen molar-refractivity contribution in [2.45, 2.75) is 26.3 Å². The van der Waals surface area contributed by atoms with Crippen molar-refractivity contribution in [3.8, 4) is 11.3 Å². The maximum Gasteiger partial charge on any atom is 0.475 e. The number of hydrogen-bond acceptors (Lipinski definition) is 8. The molecular weight excluding hydrogens is 461 g/mol. The van der Waals surface area contributed by atoms with Gasteiger partial charge in [-0.3, -0.25) is 14.9 Å². The van der Waals surface area contributed by atoms with Crippen LogP contribution in [0.1, 0.15) is 22.4 Å². The van der Waals surface area contributed by atoms with Crippen LogP contribution in [-0.4, -0.2) is 32.0 Å². The van der Waals surface area contributed by atoms with Crippen LogP contribution in [0.3, 0.4) is 0 Å². The molecule has 0 aliphatic rings. The fourth-order valence-electron chi connectivity index (χ4n) is 3.33. The summed E-state index contributed by atoms with van der Waals surface area (Å²) in [6, 6.07) is 13.4. The van der Waals surface area contributed by atoms with Crippen molar-refractivity contribution in [1.82, 2.24) is 14.9 Å². The Morgan fingerprint density at radius 3 is 2.68 bits per heavy atom. The number of nitrogens with two attached hydrogens (primary N) is 1. The number of hydrogen-bond donors (Lipinski definition) is 3. The predicted octanol–water partition coefficient (Wildman–Crippen LogP) is 2.26. The predicted molar refractivity (Wildman–Crippen MR) is 121 cm³/mol. The second-order valence-electron chi connectivity index (χ2n) is 7.57. The summed E-state index contributed by atoms with van der Waals surface area (Å²) >= 11 is 0. The third kappa shape index (κ3) is 5.77. The number of pyridine rings is 1. The Bertz CT molecular complexity index is 1300. The molecule has 4 N–H and O–H groups in total. The van der Waals surface area contributed by atoms with E-state index in [1.54, 1.807) is 35.3 Å². The van der Waals surface area contributed by atoms with Crippen LogP contribution in [-0.2, 0) is 39.9 Å². The Morgan fingerprint density at radius 1 is 1.21 bits per heavy atom. The molecule has 0 fully saturated rings. The summed E-state index contributed by atoms with van der Waals surface area (Å²) in [5.74, 6) is 0.754. The number of anilines is 1. The van der Waals surface area contributed by atoms with Gasteiger partial charge in [0.25, 0.3) is 5.82 Å². The molecule has 3 heterocycles. The van der Waals surface area contributed by atoms with Gasteiger partial charge < -0.3 is 14.5 Å². The molecule has 0 radical (unpaired) electrons. The van der Waals surface area contributed by atoms with Gasteiger partial charge in [0.2, 0.25) is 6.73 Å². The second-order valence-corrected chi connectivity index (χ2v) is 9.13. The number of nitrogens with zero attached hydrogens (tertiary/aromatic N) is 4. The first-order valence-corrected chi connectivity index (χ1v) is 11.8. The minimum atomic E-state index is -4.13. The molecule has 178 valence electrons. The number of aliphatic hydroxyl groups excluding tert-OH is 1. The second kappa shape index (κ2) is 10.3. The van der Waals surface area contributed by atoms with Crippen LogP contribution >= 0.6 is 7.82 Å². The SMILES string of the molecule is COP(=O)(O)OC[n+]1cccc(-c2cc(Cc3ccc(Cn4cc(CO)cn4)cc3)no2)c1N. The van der Waals surface area contributed by atoms with Crippen LogP contribution in [0, 0.1) is 0 Å². The van der Waals surface area contributed by atoms with Crippen molar-refractivity contribution in [2.24, 2.45) is 0 Å². The van der Waals surface area contributed by atoms with Gasteiger partial charge in [0.05, 0.1) is 31.2 Å². The summed E-state index contributed by atoms with van der Waals surface area (Å²) in [5.41, 5.74) is 10.4. The van der Waals surface area contributed by atoms with E-state index in [1.165, 1.54) is 4.57 Å². The van der Waals surface area contributed by atoms with E-state index < -0.39 is 7.82 Å². The lowest BCUT2D eigenvalue weighted by atomic mass is 10.1. The number of phosphoric ester groups is 1. The van der Waals surface area contributed by atoms with Crippen molar-refractivity contribution >= 4 is 13.6 Å². The molecule has 4 rings (SSSR count). The summed E-state index contributed by atoms with van der Waals surface area (Å²) in [5, 5.41) is 17.5. The van der Waals surface area contributed by atoms with E-state index in [0.717, 1.165) is 29.5 Å². The highest BCUT2D eigenvalue weighted by atomic mass is 31.2. The molecule has 1 atom stereocenters. The topological polar surface area (TPSA) is 150 Å². The highest BCUT2D eigenvalue weighted by Crippen LogP contribution is 2.41. The Labute approximate surface area is 195 Å². The van der Waals surface area contributed by atoms with Gasteiger partial charge >= 0.3 is 7.82 Å². The average molecular weight is 486 g/mol. The number of aromatic nitrogens is 4. The van der Waals surface area contributed by atoms with Crippen molar-refractivity contribution in [3.63, 3.8) is 0 Å². The first kappa shape index (κ1) is 23.8. The van der Waals surface area contributed by atoms with Crippen LogP contribution in [0.4, 0.5) is 5.82 Å². The van der Waals surface area contributed by atoms with E-state index in [-0.39, 0.29) is 19.2 Å². The van der Waals surface area contributed by atoms with Crippen LogP contribution < -0.4 is 10.3 Å². The van der Waals surface area contributed by atoms with Crippen LogP contribution in [0.25, 0.3) is 11.3 Å². The number of aliphatic hydroxyl groups is 1. The zero-order valence-corrected chi connectivity index (χ0v) is 19.3. The molecule has 34 heavy (non-hydrogen) atoms. The van der Waals surface area contributed by atoms with Gasteiger partial charge in [-0.15, -0.1) is 0 Å².